The molecule has 0 saturated carbocycles. The fraction of sp³-hybridized carbons (Fsp3) is 0.267. The first-order valence-corrected chi connectivity index (χ1v) is 7.46. The van der Waals surface area contributed by atoms with Gasteiger partial charge in [-0.15, -0.1) is 11.3 Å². The van der Waals surface area contributed by atoms with Crippen LogP contribution in [0.2, 0.25) is 0 Å². The third-order valence-electron chi connectivity index (χ3n) is 3.49. The van der Waals surface area contributed by atoms with Crippen LogP contribution in [0.3, 0.4) is 0 Å². The van der Waals surface area contributed by atoms with Gasteiger partial charge in [0.25, 0.3) is 5.91 Å². The van der Waals surface area contributed by atoms with Crippen molar-refractivity contribution in [3.63, 3.8) is 0 Å². The van der Waals surface area contributed by atoms with E-state index in [1.807, 2.05) is 46.0 Å². The molecule has 2 aromatic heterocycles. The fourth-order valence-electron chi connectivity index (χ4n) is 2.41. The minimum Gasteiger partial charge on any atom is -0.322 e. The Morgan fingerprint density at radius 1 is 1.29 bits per heavy atom. The fourth-order valence-corrected chi connectivity index (χ4v) is 3.28. The zero-order chi connectivity index (χ0) is 15.1. The van der Waals surface area contributed by atoms with Crippen LogP contribution in [0.15, 0.2) is 18.2 Å². The van der Waals surface area contributed by atoms with Gasteiger partial charge in [0.15, 0.2) is 0 Å². The van der Waals surface area contributed by atoms with E-state index in [4.69, 9.17) is 0 Å². The van der Waals surface area contributed by atoms with Gasteiger partial charge < -0.3 is 5.32 Å². The second-order valence-corrected chi connectivity index (χ2v) is 6.27. The summed E-state index contributed by atoms with van der Waals surface area (Å²) in [4.78, 5) is 16.8. The molecular weight excluding hydrogens is 284 g/mol. The maximum Gasteiger partial charge on any atom is 0.259 e. The van der Waals surface area contributed by atoms with Gasteiger partial charge in [-0.05, 0) is 39.0 Å². The summed E-state index contributed by atoms with van der Waals surface area (Å²) in [5, 5.41) is 8.24. The normalized spacial score (nSPS) is 11.0. The number of rotatable bonds is 2. The number of nitrogens with zero attached hydrogens (tertiary/aromatic N) is 3. The Hall–Kier alpha value is -2.21. The first-order chi connectivity index (χ1) is 9.95. The lowest BCUT2D eigenvalue weighted by molar-refractivity contribution is 0.102. The van der Waals surface area contributed by atoms with Gasteiger partial charge in [0.1, 0.15) is 0 Å². The summed E-state index contributed by atoms with van der Waals surface area (Å²) in [7, 11) is 1.84. The molecule has 6 heteroatoms. The molecule has 0 fully saturated rings. The van der Waals surface area contributed by atoms with E-state index in [0.29, 0.717) is 5.56 Å². The van der Waals surface area contributed by atoms with E-state index in [9.17, 15) is 4.79 Å². The number of benzene rings is 1. The van der Waals surface area contributed by atoms with Crippen molar-refractivity contribution in [2.24, 2.45) is 7.05 Å². The maximum absolute atomic E-state index is 12.4. The molecule has 0 aliphatic carbocycles. The number of carbonyl (C=O) groups excluding carboxylic acids is 1. The smallest absolute Gasteiger partial charge is 0.259 e. The van der Waals surface area contributed by atoms with Gasteiger partial charge in [0, 0.05) is 18.4 Å². The molecule has 0 atom stereocenters. The van der Waals surface area contributed by atoms with Crippen LogP contribution < -0.4 is 5.32 Å². The van der Waals surface area contributed by atoms with Crippen LogP contribution in [-0.4, -0.2) is 20.7 Å². The number of aromatic nitrogens is 3. The Morgan fingerprint density at radius 3 is 2.71 bits per heavy atom. The second kappa shape index (κ2) is 4.96. The summed E-state index contributed by atoms with van der Waals surface area (Å²) in [6.07, 6.45) is 0. The van der Waals surface area contributed by atoms with E-state index in [1.165, 1.54) is 0 Å². The Labute approximate surface area is 126 Å². The standard InChI is InChI=1S/C15H16N4OS/c1-8-14(9(2)19(4)18-8)15(20)17-11-5-6-12-13(7-11)21-10(3)16-12/h5-7H,1-4H3,(H,17,20). The predicted molar refractivity (Wildman–Crippen MR) is 85.0 cm³/mol. The average Bonchev–Trinajstić information content (AvgIpc) is 2.88. The van der Waals surface area contributed by atoms with Crippen LogP contribution in [0.5, 0.6) is 0 Å². The van der Waals surface area contributed by atoms with E-state index in [0.717, 1.165) is 32.3 Å². The molecule has 5 nitrogen and oxygen atoms in total. The van der Waals surface area contributed by atoms with Crippen molar-refractivity contribution in [3.8, 4) is 0 Å². The molecule has 21 heavy (non-hydrogen) atoms. The Morgan fingerprint density at radius 2 is 2.05 bits per heavy atom. The van der Waals surface area contributed by atoms with Gasteiger partial charge in [-0.1, -0.05) is 0 Å². The molecule has 1 N–H and O–H groups in total. The molecule has 1 aromatic carbocycles. The molecule has 0 aliphatic rings. The summed E-state index contributed by atoms with van der Waals surface area (Å²) in [6, 6.07) is 5.76. The topological polar surface area (TPSA) is 59.8 Å². The van der Waals surface area contributed by atoms with Crippen molar-refractivity contribution in [2.75, 3.05) is 5.32 Å². The number of aryl methyl sites for hydroxylation is 3. The molecule has 0 unspecified atom stereocenters. The number of hydrogen-bond acceptors (Lipinski definition) is 4. The number of amides is 1. The Balaban J connectivity index is 1.92. The first kappa shape index (κ1) is 13.8. The largest absolute Gasteiger partial charge is 0.322 e. The monoisotopic (exact) mass is 300 g/mol. The van der Waals surface area contributed by atoms with E-state index >= 15 is 0 Å². The minimum absolute atomic E-state index is 0.126. The van der Waals surface area contributed by atoms with Crippen molar-refractivity contribution in [2.45, 2.75) is 20.8 Å². The van der Waals surface area contributed by atoms with Crippen LogP contribution in [0.1, 0.15) is 26.8 Å². The summed E-state index contributed by atoms with van der Waals surface area (Å²) >= 11 is 1.62. The maximum atomic E-state index is 12.4. The molecule has 3 aromatic rings. The number of anilines is 1. The van der Waals surface area contributed by atoms with Crippen LogP contribution >= 0.6 is 11.3 Å². The second-order valence-electron chi connectivity index (χ2n) is 5.04. The molecule has 1 amide bonds. The third-order valence-corrected chi connectivity index (χ3v) is 4.42. The van der Waals surface area contributed by atoms with Crippen molar-refractivity contribution >= 4 is 33.1 Å². The molecule has 0 spiro atoms. The SMILES string of the molecule is Cc1nc2ccc(NC(=O)c3c(C)nn(C)c3C)cc2s1. The van der Waals surface area contributed by atoms with Crippen LogP contribution in [-0.2, 0) is 7.05 Å². The summed E-state index contributed by atoms with van der Waals surface area (Å²) in [6.45, 7) is 5.72. The summed E-state index contributed by atoms with van der Waals surface area (Å²) < 4.78 is 2.80. The van der Waals surface area contributed by atoms with Crippen molar-refractivity contribution in [1.29, 1.82) is 0 Å². The zero-order valence-electron chi connectivity index (χ0n) is 12.4. The molecule has 0 saturated heterocycles. The average molecular weight is 300 g/mol. The van der Waals surface area contributed by atoms with E-state index in [1.54, 1.807) is 16.0 Å². The predicted octanol–water partition coefficient (Wildman–Crippen LogP) is 3.21. The van der Waals surface area contributed by atoms with Gasteiger partial charge in [-0.3, -0.25) is 9.48 Å². The third kappa shape index (κ3) is 2.42. The van der Waals surface area contributed by atoms with Crippen LogP contribution in [0.25, 0.3) is 10.2 Å². The molecule has 0 radical (unpaired) electrons. The summed E-state index contributed by atoms with van der Waals surface area (Å²) in [5.74, 6) is -0.126. The number of fused-ring (bicyclic) bond motifs is 1. The highest BCUT2D eigenvalue weighted by molar-refractivity contribution is 7.18. The van der Waals surface area contributed by atoms with E-state index < -0.39 is 0 Å². The van der Waals surface area contributed by atoms with Gasteiger partial charge in [0.2, 0.25) is 0 Å². The lowest BCUT2D eigenvalue weighted by Crippen LogP contribution is -2.14. The van der Waals surface area contributed by atoms with Gasteiger partial charge >= 0.3 is 0 Å². The highest BCUT2D eigenvalue weighted by atomic mass is 32.1. The highest BCUT2D eigenvalue weighted by Gasteiger charge is 2.17. The summed E-state index contributed by atoms with van der Waals surface area (Å²) in [5.41, 5.74) is 3.98. The molecule has 108 valence electrons. The van der Waals surface area contributed by atoms with Gasteiger partial charge in [-0.25, -0.2) is 4.98 Å². The van der Waals surface area contributed by atoms with E-state index in [2.05, 4.69) is 15.4 Å². The molecule has 3 rings (SSSR count). The van der Waals surface area contributed by atoms with Gasteiger partial charge in [0.05, 0.1) is 26.5 Å². The van der Waals surface area contributed by atoms with Crippen molar-refractivity contribution in [3.05, 3.63) is 40.2 Å². The quantitative estimate of drug-likeness (QED) is 0.790. The molecular formula is C15H16N4OS. The van der Waals surface area contributed by atoms with Crippen molar-refractivity contribution in [1.82, 2.24) is 14.8 Å². The zero-order valence-corrected chi connectivity index (χ0v) is 13.2. The molecule has 0 aliphatic heterocycles. The number of thiazole rings is 1. The highest BCUT2D eigenvalue weighted by Crippen LogP contribution is 2.25. The van der Waals surface area contributed by atoms with Crippen molar-refractivity contribution < 1.29 is 4.79 Å². The lowest BCUT2D eigenvalue weighted by Gasteiger charge is -2.05. The van der Waals surface area contributed by atoms with Gasteiger partial charge in [-0.2, -0.15) is 5.10 Å². The lowest BCUT2D eigenvalue weighted by atomic mass is 10.2. The number of hydrogen-bond donors (Lipinski definition) is 1. The molecule has 0 bridgehead atoms. The van der Waals surface area contributed by atoms with E-state index in [-0.39, 0.29) is 5.91 Å². The first-order valence-electron chi connectivity index (χ1n) is 6.64. The number of carbonyl (C=O) groups is 1. The Kier molecular flexibility index (Phi) is 3.25. The minimum atomic E-state index is -0.126. The molecule has 2 heterocycles. The van der Waals surface area contributed by atoms with Crippen LogP contribution in [0.4, 0.5) is 5.69 Å². The Bertz CT molecular complexity index is 847. The van der Waals surface area contributed by atoms with Crippen LogP contribution in [0, 0.1) is 20.8 Å². The number of nitrogens with one attached hydrogen (secondary N) is 1.